The number of aliphatic carboxylic acids is 1. The van der Waals surface area contributed by atoms with Gasteiger partial charge in [0.05, 0.1) is 5.92 Å². The smallest absolute Gasteiger partial charge is 0.326 e. The molecule has 1 aliphatic rings. The van der Waals surface area contributed by atoms with Gasteiger partial charge < -0.3 is 21.1 Å². The minimum Gasteiger partial charge on any atom is -0.480 e. The Labute approximate surface area is 124 Å². The van der Waals surface area contributed by atoms with Gasteiger partial charge in [-0.2, -0.15) is 0 Å². The average Bonchev–Trinajstić information content (AvgIpc) is 2.43. The molecule has 21 heavy (non-hydrogen) atoms. The molecule has 7 nitrogen and oxygen atoms in total. The van der Waals surface area contributed by atoms with Gasteiger partial charge in [-0.3, -0.25) is 4.79 Å². The predicted octanol–water partition coefficient (Wildman–Crippen LogP) is 0.781. The van der Waals surface area contributed by atoms with E-state index in [0.717, 1.165) is 0 Å². The highest BCUT2D eigenvalue weighted by Gasteiger charge is 2.34. The molecule has 7 heteroatoms. The van der Waals surface area contributed by atoms with Crippen LogP contribution in [-0.2, 0) is 9.59 Å². The van der Waals surface area contributed by atoms with Crippen molar-refractivity contribution in [3.05, 3.63) is 0 Å². The SMILES string of the molecule is CC[C@H](C)[C@H](NC(=O)N1CC(C(N)=O)CCC1C)C(=O)O. The molecule has 0 aromatic heterocycles. The zero-order valence-electron chi connectivity index (χ0n) is 12.8. The minimum atomic E-state index is -1.05. The van der Waals surface area contributed by atoms with E-state index >= 15 is 0 Å². The Hall–Kier alpha value is -1.79. The van der Waals surface area contributed by atoms with Crippen LogP contribution < -0.4 is 11.1 Å². The standard InChI is InChI=1S/C14H25N3O4/c1-4-8(2)11(13(19)20)16-14(21)17-7-10(12(15)18)6-5-9(17)3/h8-11H,4-7H2,1-3H3,(H2,15,18)(H,16,21)(H,19,20)/t8-,9?,10?,11-/m0/s1. The number of nitrogens with two attached hydrogens (primary N) is 1. The number of piperidine rings is 1. The van der Waals surface area contributed by atoms with Gasteiger partial charge in [0.15, 0.2) is 0 Å². The number of likely N-dealkylation sites (tertiary alicyclic amines) is 1. The third kappa shape index (κ3) is 4.34. The zero-order valence-corrected chi connectivity index (χ0v) is 12.8. The molecule has 120 valence electrons. The molecule has 0 saturated carbocycles. The molecule has 0 bridgehead atoms. The lowest BCUT2D eigenvalue weighted by Gasteiger charge is -2.37. The predicted molar refractivity (Wildman–Crippen MR) is 77.5 cm³/mol. The molecule has 1 saturated heterocycles. The number of carboxylic acid groups (broad SMARTS) is 1. The van der Waals surface area contributed by atoms with Gasteiger partial charge in [0.2, 0.25) is 5.91 Å². The molecular weight excluding hydrogens is 274 g/mol. The van der Waals surface area contributed by atoms with E-state index < -0.39 is 23.9 Å². The fourth-order valence-corrected chi connectivity index (χ4v) is 2.52. The summed E-state index contributed by atoms with van der Waals surface area (Å²) in [4.78, 5) is 36.4. The number of hydrogen-bond acceptors (Lipinski definition) is 3. The third-order valence-electron chi connectivity index (χ3n) is 4.30. The van der Waals surface area contributed by atoms with Crippen LogP contribution in [0, 0.1) is 11.8 Å². The first kappa shape index (κ1) is 17.3. The number of carbonyl (C=O) groups is 3. The van der Waals surface area contributed by atoms with Crippen molar-refractivity contribution in [1.29, 1.82) is 0 Å². The highest BCUT2D eigenvalue weighted by molar-refractivity contribution is 5.84. The van der Waals surface area contributed by atoms with E-state index in [9.17, 15) is 19.5 Å². The summed E-state index contributed by atoms with van der Waals surface area (Å²) in [5.74, 6) is -2.00. The lowest BCUT2D eigenvalue weighted by Crippen LogP contribution is -2.56. The first-order chi connectivity index (χ1) is 9.77. The molecule has 0 aromatic carbocycles. The van der Waals surface area contributed by atoms with Gasteiger partial charge in [-0.15, -0.1) is 0 Å². The Balaban J connectivity index is 2.75. The van der Waals surface area contributed by atoms with Crippen LogP contribution in [0.25, 0.3) is 0 Å². The van der Waals surface area contributed by atoms with E-state index in [1.807, 2.05) is 13.8 Å². The highest BCUT2D eigenvalue weighted by atomic mass is 16.4. The Morgan fingerprint density at radius 1 is 1.38 bits per heavy atom. The van der Waals surface area contributed by atoms with Crippen LogP contribution in [0.4, 0.5) is 4.79 Å². The van der Waals surface area contributed by atoms with Crippen molar-refractivity contribution in [2.75, 3.05) is 6.54 Å². The fraction of sp³-hybridized carbons (Fsp3) is 0.786. The summed E-state index contributed by atoms with van der Waals surface area (Å²) in [6, 6.07) is -1.41. The normalized spacial score (nSPS) is 25.0. The van der Waals surface area contributed by atoms with E-state index in [2.05, 4.69) is 5.32 Å². The van der Waals surface area contributed by atoms with Crippen molar-refractivity contribution in [2.45, 2.75) is 52.1 Å². The minimum absolute atomic E-state index is 0.0352. The van der Waals surface area contributed by atoms with Gasteiger partial charge in [-0.05, 0) is 25.7 Å². The van der Waals surface area contributed by atoms with Gasteiger partial charge in [0, 0.05) is 12.6 Å². The van der Waals surface area contributed by atoms with E-state index in [0.29, 0.717) is 19.3 Å². The largest absolute Gasteiger partial charge is 0.480 e. The van der Waals surface area contributed by atoms with Crippen LogP contribution in [0.1, 0.15) is 40.0 Å². The molecule has 4 atom stereocenters. The number of carboxylic acids is 1. The number of nitrogens with zero attached hydrogens (tertiary/aromatic N) is 1. The molecule has 0 spiro atoms. The van der Waals surface area contributed by atoms with Crippen molar-refractivity contribution in [3.63, 3.8) is 0 Å². The van der Waals surface area contributed by atoms with E-state index in [1.165, 1.54) is 4.90 Å². The Morgan fingerprint density at radius 2 is 2.00 bits per heavy atom. The number of carbonyl (C=O) groups excluding carboxylic acids is 2. The van der Waals surface area contributed by atoms with Gasteiger partial charge in [-0.25, -0.2) is 9.59 Å². The number of primary amides is 1. The maximum absolute atomic E-state index is 12.3. The molecule has 0 aromatic rings. The van der Waals surface area contributed by atoms with Crippen LogP contribution in [0.5, 0.6) is 0 Å². The van der Waals surface area contributed by atoms with Crippen LogP contribution >= 0.6 is 0 Å². The van der Waals surface area contributed by atoms with Gasteiger partial charge in [-0.1, -0.05) is 20.3 Å². The maximum Gasteiger partial charge on any atom is 0.326 e. The molecule has 1 fully saturated rings. The third-order valence-corrected chi connectivity index (χ3v) is 4.30. The fourth-order valence-electron chi connectivity index (χ4n) is 2.52. The summed E-state index contributed by atoms with van der Waals surface area (Å²) < 4.78 is 0. The molecule has 0 radical (unpaired) electrons. The summed E-state index contributed by atoms with van der Waals surface area (Å²) in [5, 5.41) is 11.8. The highest BCUT2D eigenvalue weighted by Crippen LogP contribution is 2.22. The summed E-state index contributed by atoms with van der Waals surface area (Å²) >= 11 is 0. The number of urea groups is 1. The van der Waals surface area contributed by atoms with Crippen LogP contribution in [-0.4, -0.2) is 46.5 Å². The van der Waals surface area contributed by atoms with Gasteiger partial charge in [0.25, 0.3) is 0 Å². The van der Waals surface area contributed by atoms with E-state index in [4.69, 9.17) is 5.73 Å². The molecule has 1 aliphatic heterocycles. The zero-order chi connectivity index (χ0) is 16.2. The molecule has 3 amide bonds. The summed E-state index contributed by atoms with van der Waals surface area (Å²) in [6.45, 7) is 5.79. The van der Waals surface area contributed by atoms with E-state index in [1.54, 1.807) is 6.92 Å². The monoisotopic (exact) mass is 299 g/mol. The van der Waals surface area contributed by atoms with Crippen molar-refractivity contribution in [2.24, 2.45) is 17.6 Å². The van der Waals surface area contributed by atoms with Gasteiger partial charge >= 0.3 is 12.0 Å². The molecule has 0 aliphatic carbocycles. The first-order valence-corrected chi connectivity index (χ1v) is 7.37. The Morgan fingerprint density at radius 3 is 2.48 bits per heavy atom. The maximum atomic E-state index is 12.3. The average molecular weight is 299 g/mol. The second kappa shape index (κ2) is 7.28. The summed E-state index contributed by atoms with van der Waals surface area (Å²) in [5.41, 5.74) is 5.30. The van der Waals surface area contributed by atoms with Crippen molar-refractivity contribution >= 4 is 17.9 Å². The Bertz CT molecular complexity index is 413. The molecule has 1 rings (SSSR count). The molecule has 4 N–H and O–H groups in total. The molecule has 1 heterocycles. The lowest BCUT2D eigenvalue weighted by molar-refractivity contribution is -0.140. The first-order valence-electron chi connectivity index (χ1n) is 7.37. The number of hydrogen-bond donors (Lipinski definition) is 3. The van der Waals surface area contributed by atoms with Crippen LogP contribution in [0.2, 0.25) is 0 Å². The summed E-state index contributed by atoms with van der Waals surface area (Å²) in [7, 11) is 0. The number of amides is 3. The quantitative estimate of drug-likeness (QED) is 0.696. The van der Waals surface area contributed by atoms with Crippen molar-refractivity contribution in [1.82, 2.24) is 10.2 Å². The Kier molecular flexibility index (Phi) is 5.99. The lowest BCUT2D eigenvalue weighted by atomic mass is 9.93. The van der Waals surface area contributed by atoms with Gasteiger partial charge in [0.1, 0.15) is 6.04 Å². The second-order valence-corrected chi connectivity index (χ2v) is 5.83. The van der Waals surface area contributed by atoms with E-state index in [-0.39, 0.29) is 24.4 Å². The summed E-state index contributed by atoms with van der Waals surface area (Å²) in [6.07, 6.45) is 1.99. The van der Waals surface area contributed by atoms with Crippen LogP contribution in [0.15, 0.2) is 0 Å². The molecular formula is C14H25N3O4. The van der Waals surface area contributed by atoms with Crippen molar-refractivity contribution in [3.8, 4) is 0 Å². The number of nitrogens with one attached hydrogen (secondary N) is 1. The molecule has 2 unspecified atom stereocenters. The topological polar surface area (TPSA) is 113 Å². The second-order valence-electron chi connectivity index (χ2n) is 5.83. The number of rotatable bonds is 5. The van der Waals surface area contributed by atoms with Crippen molar-refractivity contribution < 1.29 is 19.5 Å². The van der Waals surface area contributed by atoms with Crippen LogP contribution in [0.3, 0.4) is 0 Å².